The van der Waals surface area contributed by atoms with Crippen molar-refractivity contribution in [3.63, 3.8) is 0 Å². The van der Waals surface area contributed by atoms with Gasteiger partial charge in [0.2, 0.25) is 0 Å². The zero-order valence-electron chi connectivity index (χ0n) is 6.16. The Morgan fingerprint density at radius 3 is 1.09 bits per heavy atom. The second-order valence-electron chi connectivity index (χ2n) is 0.908. The van der Waals surface area contributed by atoms with Gasteiger partial charge in [0.25, 0.3) is 0 Å². The fourth-order valence-electron chi connectivity index (χ4n) is 0. The van der Waals surface area contributed by atoms with E-state index in [1.165, 1.54) is 14.2 Å². The third-order valence-corrected chi connectivity index (χ3v) is 1.00. The summed E-state index contributed by atoms with van der Waals surface area (Å²) in [6.07, 6.45) is 0. The van der Waals surface area contributed by atoms with Crippen molar-refractivity contribution in [1.29, 1.82) is 0 Å². The van der Waals surface area contributed by atoms with Crippen molar-refractivity contribution in [3.05, 3.63) is 0 Å². The Kier molecular flexibility index (Phi) is 21.7. The minimum absolute atomic E-state index is 0. The van der Waals surface area contributed by atoms with E-state index < -0.39 is 0 Å². The van der Waals surface area contributed by atoms with E-state index in [0.717, 1.165) is 0 Å². The minimum Gasteiger partial charge on any atom is -0.517 e. The average molecular weight is 280 g/mol. The largest absolute Gasteiger partial charge is 2.00 e. The summed E-state index contributed by atoms with van der Waals surface area (Å²) >= 11 is 17.2. The van der Waals surface area contributed by atoms with Gasteiger partial charge < -0.3 is 59.2 Å². The molecular weight excluding hydrogens is 274 g/mol. The summed E-state index contributed by atoms with van der Waals surface area (Å²) in [7, 11) is 2.91. The van der Waals surface area contributed by atoms with Crippen LogP contribution in [0.1, 0.15) is 0 Å². The van der Waals surface area contributed by atoms with Crippen LogP contribution in [0.5, 0.6) is 0 Å². The molecule has 0 radical (unpaired) electrons. The zero-order chi connectivity index (χ0) is 8.57. The van der Waals surface area contributed by atoms with Gasteiger partial charge in [0.05, 0.1) is 14.2 Å². The van der Waals surface area contributed by atoms with Gasteiger partial charge in [-0.05, 0) is 0 Å². The molecule has 2 nitrogen and oxygen atoms in total. The molecule has 0 amide bonds. The molecule has 0 aliphatic carbocycles. The van der Waals surface area contributed by atoms with Gasteiger partial charge in [-0.1, -0.05) is 0 Å². The molecule has 0 aliphatic heterocycles. The number of hydrogen-bond acceptors (Lipinski definition) is 6. The second-order valence-corrected chi connectivity index (χ2v) is 2.91. The van der Waals surface area contributed by atoms with E-state index in [9.17, 15) is 0 Å². The Hall–Kier alpha value is 0.843. The SMILES string of the molecule is COC(=S)[S-].COC(=S)[S-].[Zn+2]. The first-order chi connectivity index (χ1) is 4.54. The van der Waals surface area contributed by atoms with E-state index in [-0.39, 0.29) is 28.2 Å². The van der Waals surface area contributed by atoms with Crippen LogP contribution >= 0.6 is 24.4 Å². The second kappa shape index (κ2) is 13.4. The van der Waals surface area contributed by atoms with Crippen LogP contribution in [0.25, 0.3) is 0 Å². The van der Waals surface area contributed by atoms with E-state index in [0.29, 0.717) is 0 Å². The molecule has 0 aromatic carbocycles. The van der Waals surface area contributed by atoms with Crippen molar-refractivity contribution >= 4 is 58.5 Å². The number of thiocarbonyl (C=S) groups is 2. The van der Waals surface area contributed by atoms with Gasteiger partial charge in [-0.3, -0.25) is 0 Å². The maximum Gasteiger partial charge on any atom is 2.00 e. The fraction of sp³-hybridized carbons (Fsp3) is 0.500. The molecule has 0 spiro atoms. The number of ether oxygens (including phenoxy) is 2. The van der Waals surface area contributed by atoms with Crippen molar-refractivity contribution in [3.8, 4) is 0 Å². The molecule has 11 heavy (non-hydrogen) atoms. The van der Waals surface area contributed by atoms with Crippen LogP contribution in [0.4, 0.5) is 0 Å². The molecule has 0 saturated heterocycles. The van der Waals surface area contributed by atoms with Crippen molar-refractivity contribution in [2.45, 2.75) is 0 Å². The van der Waals surface area contributed by atoms with Crippen LogP contribution in [0.15, 0.2) is 0 Å². The summed E-state index contributed by atoms with van der Waals surface area (Å²) in [5.41, 5.74) is 0. The van der Waals surface area contributed by atoms with Crippen molar-refractivity contribution in [2.75, 3.05) is 14.2 Å². The third kappa shape index (κ3) is 36.1. The van der Waals surface area contributed by atoms with Gasteiger partial charge in [-0.2, -0.15) is 0 Å². The van der Waals surface area contributed by atoms with Crippen LogP contribution < -0.4 is 0 Å². The molecule has 0 aliphatic rings. The molecule has 0 rings (SSSR count). The Morgan fingerprint density at radius 1 is 1.00 bits per heavy atom. The maximum atomic E-state index is 4.30. The molecule has 7 heteroatoms. The van der Waals surface area contributed by atoms with Gasteiger partial charge in [-0.25, -0.2) is 0 Å². The predicted molar refractivity (Wildman–Crippen MR) is 53.9 cm³/mol. The normalized spacial score (nSPS) is 6.00. The molecule has 0 atom stereocenters. The Morgan fingerprint density at radius 2 is 1.09 bits per heavy atom. The van der Waals surface area contributed by atoms with Crippen molar-refractivity contribution in [2.24, 2.45) is 0 Å². The molecular formula is C4H6O2S4Zn. The molecule has 0 fully saturated rings. The smallest absolute Gasteiger partial charge is 0.517 e. The van der Waals surface area contributed by atoms with E-state index in [2.05, 4.69) is 59.2 Å². The quantitative estimate of drug-likeness (QED) is 0.370. The first kappa shape index (κ1) is 17.8. The molecule has 60 valence electrons. The molecule has 0 saturated carbocycles. The van der Waals surface area contributed by atoms with Gasteiger partial charge in [-0.15, -0.1) is 0 Å². The summed E-state index contributed by atoms with van der Waals surface area (Å²) < 4.78 is 8.94. The monoisotopic (exact) mass is 278 g/mol. The van der Waals surface area contributed by atoms with E-state index in [1.54, 1.807) is 0 Å². The zero-order valence-corrected chi connectivity index (χ0v) is 12.4. The summed E-state index contributed by atoms with van der Waals surface area (Å²) in [5, 5.41) is 0. The summed E-state index contributed by atoms with van der Waals surface area (Å²) in [6, 6.07) is 0. The van der Waals surface area contributed by atoms with Crippen LogP contribution in [-0.4, -0.2) is 23.0 Å². The number of hydrogen-bond donors (Lipinski definition) is 0. The van der Waals surface area contributed by atoms with Crippen LogP contribution in [-0.2, 0) is 54.2 Å². The van der Waals surface area contributed by atoms with E-state index >= 15 is 0 Å². The standard InChI is InChI=1S/2C2H4OS2.Zn/c2*1-3-2(4)5;/h2*1H3,(H,4,5);/q;;+2/p-2. The topological polar surface area (TPSA) is 18.5 Å². The van der Waals surface area contributed by atoms with Crippen LogP contribution in [0.3, 0.4) is 0 Å². The molecule has 0 N–H and O–H groups in total. The van der Waals surface area contributed by atoms with E-state index in [1.807, 2.05) is 0 Å². The minimum atomic E-state index is 0. The molecule has 0 bridgehead atoms. The first-order valence-electron chi connectivity index (χ1n) is 2.04. The summed E-state index contributed by atoms with van der Waals surface area (Å²) in [6.45, 7) is 0. The van der Waals surface area contributed by atoms with Gasteiger partial charge in [0.15, 0.2) is 0 Å². The van der Waals surface area contributed by atoms with Crippen molar-refractivity contribution < 1.29 is 29.0 Å². The Balaban J connectivity index is -0.000000107. The molecule has 0 heterocycles. The predicted octanol–water partition coefficient (Wildman–Crippen LogP) is 0.927. The van der Waals surface area contributed by atoms with E-state index in [4.69, 9.17) is 0 Å². The van der Waals surface area contributed by atoms with Gasteiger partial charge in [0, 0.05) is 8.77 Å². The Bertz CT molecular complexity index is 105. The van der Waals surface area contributed by atoms with Crippen LogP contribution in [0.2, 0.25) is 0 Å². The van der Waals surface area contributed by atoms with Gasteiger partial charge in [0.1, 0.15) is 0 Å². The Labute approximate surface area is 101 Å². The fourth-order valence-corrected chi connectivity index (χ4v) is 0. The van der Waals surface area contributed by atoms with Crippen molar-refractivity contribution in [1.82, 2.24) is 0 Å². The maximum absolute atomic E-state index is 4.30. The molecule has 0 aromatic rings. The number of rotatable bonds is 0. The summed E-state index contributed by atoms with van der Waals surface area (Å²) in [5.74, 6) is 0. The van der Waals surface area contributed by atoms with Gasteiger partial charge >= 0.3 is 19.5 Å². The first-order valence-corrected chi connectivity index (χ1v) is 3.67. The summed E-state index contributed by atoms with van der Waals surface area (Å²) in [4.78, 5) is 0. The van der Waals surface area contributed by atoms with Crippen LogP contribution in [0, 0.1) is 0 Å². The number of methoxy groups -OCH3 is 2. The average Bonchev–Trinajstić information content (AvgIpc) is 1.89. The third-order valence-electron chi connectivity index (χ3n) is 0.333. The molecule has 0 unspecified atom stereocenters. The molecule has 0 aromatic heterocycles.